The lowest BCUT2D eigenvalue weighted by Gasteiger charge is -2.13. The number of carbonyl (C=O) groups excluding carboxylic acids is 3. The Hall–Kier alpha value is -3.22. The average molecular weight is 338 g/mol. The van der Waals surface area contributed by atoms with Gasteiger partial charge in [-0.1, -0.05) is 36.4 Å². The van der Waals surface area contributed by atoms with Crippen LogP contribution in [0.15, 0.2) is 54.9 Å². The fourth-order valence-corrected chi connectivity index (χ4v) is 2.59. The lowest BCUT2D eigenvalue weighted by Crippen LogP contribution is -2.36. The minimum Gasteiger partial charge on any atom is -0.352 e. The molecule has 1 aromatic carbocycles. The van der Waals surface area contributed by atoms with Gasteiger partial charge in [-0.05, 0) is 17.2 Å². The SMILES string of the molecule is O=C(C[C@H]1NC(=O)N(Cc2ccccc2)C1=O)NCc1cccnc1. The zero-order valence-corrected chi connectivity index (χ0v) is 13.5. The number of urea groups is 1. The summed E-state index contributed by atoms with van der Waals surface area (Å²) in [6, 6.07) is 11.6. The zero-order chi connectivity index (χ0) is 17.6. The van der Waals surface area contributed by atoms with Crippen molar-refractivity contribution in [1.82, 2.24) is 20.5 Å². The largest absolute Gasteiger partial charge is 0.352 e. The van der Waals surface area contributed by atoms with Gasteiger partial charge >= 0.3 is 6.03 Å². The van der Waals surface area contributed by atoms with Crippen molar-refractivity contribution < 1.29 is 14.4 Å². The summed E-state index contributed by atoms with van der Waals surface area (Å²) >= 11 is 0. The quantitative estimate of drug-likeness (QED) is 0.775. The highest BCUT2D eigenvalue weighted by Crippen LogP contribution is 2.14. The predicted octanol–water partition coefficient (Wildman–Crippen LogP) is 1.21. The zero-order valence-electron chi connectivity index (χ0n) is 13.5. The maximum Gasteiger partial charge on any atom is 0.325 e. The van der Waals surface area contributed by atoms with Crippen LogP contribution in [-0.2, 0) is 22.7 Å². The molecule has 0 radical (unpaired) electrons. The molecule has 0 spiro atoms. The summed E-state index contributed by atoms with van der Waals surface area (Å²) in [5.41, 5.74) is 1.72. The number of benzene rings is 1. The first-order valence-corrected chi connectivity index (χ1v) is 7.95. The number of pyridine rings is 1. The van der Waals surface area contributed by atoms with Gasteiger partial charge in [0.2, 0.25) is 5.91 Å². The molecular formula is C18H18N4O3. The Labute approximate surface area is 145 Å². The summed E-state index contributed by atoms with van der Waals surface area (Å²) in [5, 5.41) is 5.29. The van der Waals surface area contributed by atoms with Gasteiger partial charge in [0.1, 0.15) is 6.04 Å². The molecule has 2 heterocycles. The molecule has 128 valence electrons. The van der Waals surface area contributed by atoms with Crippen LogP contribution in [0.5, 0.6) is 0 Å². The molecule has 2 N–H and O–H groups in total. The van der Waals surface area contributed by atoms with E-state index in [0.29, 0.717) is 6.54 Å². The van der Waals surface area contributed by atoms with E-state index in [1.807, 2.05) is 36.4 Å². The maximum atomic E-state index is 12.4. The monoisotopic (exact) mass is 338 g/mol. The van der Waals surface area contributed by atoms with Crippen molar-refractivity contribution >= 4 is 17.8 Å². The van der Waals surface area contributed by atoms with Crippen LogP contribution in [0.1, 0.15) is 17.5 Å². The van der Waals surface area contributed by atoms with Gasteiger partial charge < -0.3 is 10.6 Å². The third-order valence-corrected chi connectivity index (χ3v) is 3.89. The van der Waals surface area contributed by atoms with E-state index in [0.717, 1.165) is 16.0 Å². The van der Waals surface area contributed by atoms with E-state index in [1.54, 1.807) is 18.5 Å². The molecule has 1 saturated heterocycles. The number of hydrogen-bond donors (Lipinski definition) is 2. The summed E-state index contributed by atoms with van der Waals surface area (Å²) in [4.78, 5) is 41.5. The second kappa shape index (κ2) is 7.57. The van der Waals surface area contributed by atoms with Crippen molar-refractivity contribution in [3.05, 3.63) is 66.0 Å². The van der Waals surface area contributed by atoms with E-state index in [-0.39, 0.29) is 24.8 Å². The number of rotatable bonds is 6. The van der Waals surface area contributed by atoms with Crippen LogP contribution in [-0.4, -0.2) is 33.8 Å². The molecule has 1 aliphatic rings. The lowest BCUT2D eigenvalue weighted by atomic mass is 10.1. The van der Waals surface area contributed by atoms with Crippen molar-refractivity contribution in [2.75, 3.05) is 0 Å². The highest BCUT2D eigenvalue weighted by atomic mass is 16.2. The molecule has 7 heteroatoms. The van der Waals surface area contributed by atoms with Gasteiger partial charge in [0.25, 0.3) is 5.91 Å². The number of nitrogens with one attached hydrogen (secondary N) is 2. The highest BCUT2D eigenvalue weighted by Gasteiger charge is 2.38. The number of hydrogen-bond acceptors (Lipinski definition) is 4. The van der Waals surface area contributed by atoms with E-state index in [4.69, 9.17) is 0 Å². The molecule has 0 saturated carbocycles. The number of amides is 4. The molecule has 2 aromatic rings. The third kappa shape index (κ3) is 4.20. The Bertz CT molecular complexity index is 764. The normalized spacial score (nSPS) is 16.6. The Morgan fingerprint density at radius 1 is 1.12 bits per heavy atom. The molecular weight excluding hydrogens is 320 g/mol. The first-order chi connectivity index (χ1) is 12.1. The molecule has 1 atom stereocenters. The number of carbonyl (C=O) groups is 3. The van der Waals surface area contributed by atoms with Gasteiger partial charge in [0.05, 0.1) is 13.0 Å². The van der Waals surface area contributed by atoms with Crippen LogP contribution >= 0.6 is 0 Å². The van der Waals surface area contributed by atoms with Gasteiger partial charge in [-0.3, -0.25) is 19.5 Å². The van der Waals surface area contributed by atoms with E-state index >= 15 is 0 Å². The van der Waals surface area contributed by atoms with Gasteiger partial charge in [-0.15, -0.1) is 0 Å². The molecule has 0 bridgehead atoms. The van der Waals surface area contributed by atoms with Crippen LogP contribution in [0.2, 0.25) is 0 Å². The van der Waals surface area contributed by atoms with Crippen molar-refractivity contribution in [1.29, 1.82) is 0 Å². The van der Waals surface area contributed by atoms with E-state index < -0.39 is 12.1 Å². The maximum absolute atomic E-state index is 12.4. The summed E-state index contributed by atoms with van der Waals surface area (Å²) in [6.45, 7) is 0.522. The van der Waals surface area contributed by atoms with Crippen LogP contribution in [0.3, 0.4) is 0 Å². The first-order valence-electron chi connectivity index (χ1n) is 7.95. The Morgan fingerprint density at radius 2 is 1.88 bits per heavy atom. The molecule has 0 aliphatic carbocycles. The first kappa shape index (κ1) is 16.6. The predicted molar refractivity (Wildman–Crippen MR) is 90.0 cm³/mol. The molecule has 7 nitrogen and oxygen atoms in total. The minimum atomic E-state index is -0.829. The highest BCUT2D eigenvalue weighted by molar-refractivity contribution is 6.05. The molecule has 0 unspecified atom stereocenters. The van der Waals surface area contributed by atoms with Crippen LogP contribution in [0.25, 0.3) is 0 Å². The van der Waals surface area contributed by atoms with Gasteiger partial charge in [0.15, 0.2) is 0 Å². The molecule has 25 heavy (non-hydrogen) atoms. The molecule has 3 rings (SSSR count). The number of aromatic nitrogens is 1. The van der Waals surface area contributed by atoms with Gasteiger partial charge in [0, 0.05) is 18.9 Å². The van der Waals surface area contributed by atoms with Crippen LogP contribution < -0.4 is 10.6 Å². The van der Waals surface area contributed by atoms with Crippen molar-refractivity contribution in [3.63, 3.8) is 0 Å². The van der Waals surface area contributed by atoms with E-state index in [2.05, 4.69) is 15.6 Å². The van der Waals surface area contributed by atoms with E-state index in [1.165, 1.54) is 0 Å². The third-order valence-electron chi connectivity index (χ3n) is 3.89. The minimum absolute atomic E-state index is 0.0872. The van der Waals surface area contributed by atoms with Crippen molar-refractivity contribution in [2.45, 2.75) is 25.6 Å². The van der Waals surface area contributed by atoms with Crippen LogP contribution in [0, 0.1) is 0 Å². The lowest BCUT2D eigenvalue weighted by molar-refractivity contribution is -0.131. The topological polar surface area (TPSA) is 91.4 Å². The number of imide groups is 1. The van der Waals surface area contributed by atoms with Crippen LogP contribution in [0.4, 0.5) is 4.79 Å². The van der Waals surface area contributed by atoms with Gasteiger partial charge in [-0.2, -0.15) is 0 Å². The summed E-state index contributed by atoms with van der Waals surface area (Å²) in [7, 11) is 0. The standard InChI is InChI=1S/C18H18N4O3/c23-16(20-11-14-7-4-8-19-10-14)9-15-17(24)22(18(25)21-15)12-13-5-2-1-3-6-13/h1-8,10,15H,9,11-12H2,(H,20,23)(H,21,25)/t15-/m1/s1. The van der Waals surface area contributed by atoms with Crippen molar-refractivity contribution in [2.24, 2.45) is 0 Å². The second-order valence-electron chi connectivity index (χ2n) is 5.75. The molecule has 1 aliphatic heterocycles. The molecule has 4 amide bonds. The molecule has 1 aromatic heterocycles. The Balaban J connectivity index is 1.54. The van der Waals surface area contributed by atoms with E-state index in [9.17, 15) is 14.4 Å². The number of nitrogens with zero attached hydrogens (tertiary/aromatic N) is 2. The Kier molecular flexibility index (Phi) is 5.03. The van der Waals surface area contributed by atoms with Crippen molar-refractivity contribution in [3.8, 4) is 0 Å². The molecule has 1 fully saturated rings. The fraction of sp³-hybridized carbons (Fsp3) is 0.222. The fourth-order valence-electron chi connectivity index (χ4n) is 2.59. The summed E-state index contributed by atoms with van der Waals surface area (Å²) < 4.78 is 0. The average Bonchev–Trinajstić information content (AvgIpc) is 2.89. The van der Waals surface area contributed by atoms with Gasteiger partial charge in [-0.25, -0.2) is 4.79 Å². The summed E-state index contributed by atoms with van der Waals surface area (Å²) in [6.07, 6.45) is 3.22. The smallest absolute Gasteiger partial charge is 0.325 e. The Morgan fingerprint density at radius 3 is 2.60 bits per heavy atom. The second-order valence-corrected chi connectivity index (χ2v) is 5.75. The summed E-state index contributed by atoms with van der Waals surface area (Å²) in [5.74, 6) is -0.686.